The monoisotopic (exact) mass is 266 g/mol. The number of piperidine rings is 1. The number of hydrogen-bond acceptors (Lipinski definition) is 2. The fourth-order valence-electron chi connectivity index (χ4n) is 4.24. The van der Waals surface area contributed by atoms with Crippen molar-refractivity contribution in [3.05, 3.63) is 0 Å². The zero-order valence-electron chi connectivity index (χ0n) is 13.5. The number of nitrogens with zero attached hydrogens (tertiary/aromatic N) is 1. The standard InChI is InChI=1S/C17H34N2/c1-5-18-16-8-9-17(3,4)11-15(16)13-19-10-6-7-14(2)12-19/h14-16,18H,5-13H2,1-4H3. The molecule has 1 saturated heterocycles. The second-order valence-electron chi connectivity index (χ2n) is 7.84. The van der Waals surface area contributed by atoms with Crippen molar-refractivity contribution in [2.75, 3.05) is 26.2 Å². The summed E-state index contributed by atoms with van der Waals surface area (Å²) < 4.78 is 0. The van der Waals surface area contributed by atoms with Crippen molar-refractivity contribution in [1.82, 2.24) is 10.2 Å². The van der Waals surface area contributed by atoms with Crippen molar-refractivity contribution in [2.24, 2.45) is 17.3 Å². The summed E-state index contributed by atoms with van der Waals surface area (Å²) in [5.74, 6) is 1.76. The molecule has 2 heteroatoms. The molecule has 2 aliphatic rings. The lowest BCUT2D eigenvalue weighted by Gasteiger charge is -2.44. The first-order chi connectivity index (χ1) is 9.00. The normalized spacial score (nSPS) is 36.3. The van der Waals surface area contributed by atoms with Crippen LogP contribution in [-0.2, 0) is 0 Å². The fraction of sp³-hybridized carbons (Fsp3) is 1.00. The summed E-state index contributed by atoms with van der Waals surface area (Å²) in [6, 6.07) is 0.759. The summed E-state index contributed by atoms with van der Waals surface area (Å²) in [6.45, 7) is 14.7. The van der Waals surface area contributed by atoms with Crippen molar-refractivity contribution in [3.63, 3.8) is 0 Å². The molecule has 112 valence electrons. The highest BCUT2D eigenvalue weighted by molar-refractivity contribution is 4.90. The van der Waals surface area contributed by atoms with Gasteiger partial charge in [-0.1, -0.05) is 27.7 Å². The van der Waals surface area contributed by atoms with Gasteiger partial charge in [0, 0.05) is 19.1 Å². The van der Waals surface area contributed by atoms with Gasteiger partial charge in [-0.25, -0.2) is 0 Å². The van der Waals surface area contributed by atoms with Crippen molar-refractivity contribution in [2.45, 2.75) is 65.8 Å². The van der Waals surface area contributed by atoms with Gasteiger partial charge in [-0.2, -0.15) is 0 Å². The van der Waals surface area contributed by atoms with E-state index in [1.54, 1.807) is 0 Å². The first-order valence-corrected chi connectivity index (χ1v) is 8.46. The maximum absolute atomic E-state index is 3.75. The molecule has 2 nitrogen and oxygen atoms in total. The van der Waals surface area contributed by atoms with Crippen LogP contribution in [0.25, 0.3) is 0 Å². The Labute approximate surface area is 120 Å². The summed E-state index contributed by atoms with van der Waals surface area (Å²) in [4.78, 5) is 2.74. The number of nitrogens with one attached hydrogen (secondary N) is 1. The summed E-state index contributed by atoms with van der Waals surface area (Å²) in [5.41, 5.74) is 0.554. The topological polar surface area (TPSA) is 15.3 Å². The van der Waals surface area contributed by atoms with E-state index in [2.05, 4.69) is 37.9 Å². The Morgan fingerprint density at radius 2 is 2.05 bits per heavy atom. The van der Waals surface area contributed by atoms with E-state index >= 15 is 0 Å². The predicted octanol–water partition coefficient (Wildman–Crippen LogP) is 3.52. The van der Waals surface area contributed by atoms with E-state index in [9.17, 15) is 0 Å². The molecular weight excluding hydrogens is 232 g/mol. The Morgan fingerprint density at radius 3 is 2.74 bits per heavy atom. The smallest absolute Gasteiger partial charge is 0.0108 e. The largest absolute Gasteiger partial charge is 0.314 e. The number of likely N-dealkylation sites (tertiary alicyclic amines) is 1. The van der Waals surface area contributed by atoms with Crippen LogP contribution in [0.4, 0.5) is 0 Å². The summed E-state index contributed by atoms with van der Waals surface area (Å²) in [5, 5.41) is 3.75. The minimum Gasteiger partial charge on any atom is -0.314 e. The molecule has 0 bridgehead atoms. The maximum atomic E-state index is 3.75. The second kappa shape index (κ2) is 6.58. The van der Waals surface area contributed by atoms with E-state index in [0.29, 0.717) is 5.41 Å². The Kier molecular flexibility index (Phi) is 5.30. The van der Waals surface area contributed by atoms with Crippen LogP contribution < -0.4 is 5.32 Å². The van der Waals surface area contributed by atoms with Gasteiger partial charge in [0.1, 0.15) is 0 Å². The summed E-state index contributed by atoms with van der Waals surface area (Å²) in [6.07, 6.45) is 6.99. The van der Waals surface area contributed by atoms with E-state index in [1.165, 1.54) is 51.7 Å². The number of hydrogen-bond donors (Lipinski definition) is 1. The molecule has 0 radical (unpaired) electrons. The Morgan fingerprint density at radius 1 is 1.26 bits per heavy atom. The van der Waals surface area contributed by atoms with Gasteiger partial charge in [-0.05, 0) is 62.4 Å². The van der Waals surface area contributed by atoms with Crippen LogP contribution in [0, 0.1) is 17.3 Å². The fourth-order valence-corrected chi connectivity index (χ4v) is 4.24. The van der Waals surface area contributed by atoms with Crippen LogP contribution in [0.1, 0.15) is 59.8 Å². The molecule has 0 aromatic heterocycles. The highest BCUT2D eigenvalue weighted by Crippen LogP contribution is 2.39. The molecule has 0 spiro atoms. The molecular formula is C17H34N2. The molecule has 3 unspecified atom stereocenters. The van der Waals surface area contributed by atoms with Gasteiger partial charge in [0.15, 0.2) is 0 Å². The molecule has 1 aliphatic heterocycles. The average Bonchev–Trinajstić information content (AvgIpc) is 2.32. The number of rotatable bonds is 4. The zero-order chi connectivity index (χ0) is 13.9. The Balaban J connectivity index is 1.92. The highest BCUT2D eigenvalue weighted by Gasteiger charge is 2.35. The SMILES string of the molecule is CCNC1CCC(C)(C)CC1CN1CCCC(C)C1. The van der Waals surface area contributed by atoms with Gasteiger partial charge in [0.05, 0.1) is 0 Å². The summed E-state index contributed by atoms with van der Waals surface area (Å²) >= 11 is 0. The third-order valence-electron chi connectivity index (χ3n) is 5.22. The van der Waals surface area contributed by atoms with Crippen LogP contribution in [0.15, 0.2) is 0 Å². The van der Waals surface area contributed by atoms with E-state index < -0.39 is 0 Å². The molecule has 2 fully saturated rings. The first kappa shape index (κ1) is 15.3. The molecule has 1 N–H and O–H groups in total. The summed E-state index contributed by atoms with van der Waals surface area (Å²) in [7, 11) is 0. The molecule has 1 aliphatic carbocycles. The lowest BCUT2D eigenvalue weighted by Crippen LogP contribution is -2.49. The second-order valence-corrected chi connectivity index (χ2v) is 7.84. The zero-order valence-corrected chi connectivity index (χ0v) is 13.5. The molecule has 0 aromatic carbocycles. The minimum atomic E-state index is 0.554. The minimum absolute atomic E-state index is 0.554. The molecule has 1 heterocycles. The molecule has 0 amide bonds. The lowest BCUT2D eigenvalue weighted by atomic mass is 9.69. The maximum Gasteiger partial charge on any atom is 0.0108 e. The van der Waals surface area contributed by atoms with Crippen LogP contribution >= 0.6 is 0 Å². The molecule has 0 aromatic rings. The van der Waals surface area contributed by atoms with Crippen molar-refractivity contribution in [3.8, 4) is 0 Å². The van der Waals surface area contributed by atoms with Crippen molar-refractivity contribution >= 4 is 0 Å². The Bertz CT molecular complexity index is 274. The van der Waals surface area contributed by atoms with Crippen LogP contribution in [0.2, 0.25) is 0 Å². The van der Waals surface area contributed by atoms with Gasteiger partial charge in [-0.15, -0.1) is 0 Å². The highest BCUT2D eigenvalue weighted by atomic mass is 15.1. The lowest BCUT2D eigenvalue weighted by molar-refractivity contribution is 0.0823. The van der Waals surface area contributed by atoms with Gasteiger partial charge in [0.25, 0.3) is 0 Å². The Hall–Kier alpha value is -0.0800. The first-order valence-electron chi connectivity index (χ1n) is 8.46. The van der Waals surface area contributed by atoms with E-state index in [-0.39, 0.29) is 0 Å². The van der Waals surface area contributed by atoms with E-state index in [4.69, 9.17) is 0 Å². The van der Waals surface area contributed by atoms with Gasteiger partial charge in [0.2, 0.25) is 0 Å². The van der Waals surface area contributed by atoms with E-state index in [0.717, 1.165) is 24.4 Å². The van der Waals surface area contributed by atoms with Crippen molar-refractivity contribution < 1.29 is 0 Å². The van der Waals surface area contributed by atoms with Crippen molar-refractivity contribution in [1.29, 1.82) is 0 Å². The molecule has 19 heavy (non-hydrogen) atoms. The van der Waals surface area contributed by atoms with Crippen LogP contribution in [0.5, 0.6) is 0 Å². The quantitative estimate of drug-likeness (QED) is 0.837. The van der Waals surface area contributed by atoms with Gasteiger partial charge >= 0.3 is 0 Å². The molecule has 3 atom stereocenters. The van der Waals surface area contributed by atoms with Gasteiger partial charge in [-0.3, -0.25) is 0 Å². The van der Waals surface area contributed by atoms with E-state index in [1.807, 2.05) is 0 Å². The third-order valence-corrected chi connectivity index (χ3v) is 5.22. The molecule has 1 saturated carbocycles. The van der Waals surface area contributed by atoms with Crippen LogP contribution in [0.3, 0.4) is 0 Å². The van der Waals surface area contributed by atoms with Crippen LogP contribution in [-0.4, -0.2) is 37.1 Å². The molecule has 2 rings (SSSR count). The van der Waals surface area contributed by atoms with Gasteiger partial charge < -0.3 is 10.2 Å². The average molecular weight is 266 g/mol. The predicted molar refractivity (Wildman–Crippen MR) is 83.4 cm³/mol. The third kappa shape index (κ3) is 4.46.